The van der Waals surface area contributed by atoms with Crippen LogP contribution in [0, 0.1) is 6.92 Å². The Hall–Kier alpha value is -2.45. The van der Waals surface area contributed by atoms with Crippen molar-refractivity contribution < 1.29 is 9.90 Å². The summed E-state index contributed by atoms with van der Waals surface area (Å²) in [5.74, 6) is 0.646. The van der Waals surface area contributed by atoms with E-state index < -0.39 is 0 Å². The van der Waals surface area contributed by atoms with Gasteiger partial charge in [-0.25, -0.2) is 4.68 Å². The lowest BCUT2D eigenvalue weighted by Crippen LogP contribution is -2.42. The molecule has 2 aromatic rings. The molecule has 1 aromatic carbocycles. The maximum Gasteiger partial charge on any atom is 0.251 e. The van der Waals surface area contributed by atoms with Crippen LogP contribution in [0.1, 0.15) is 66.9 Å². The number of amides is 1. The molecule has 1 aliphatic carbocycles. The van der Waals surface area contributed by atoms with Gasteiger partial charge in [-0.15, -0.1) is 5.10 Å². The van der Waals surface area contributed by atoms with Crippen molar-refractivity contribution in [3.8, 4) is 5.88 Å². The van der Waals surface area contributed by atoms with Gasteiger partial charge < -0.3 is 25.1 Å². The maximum atomic E-state index is 13.4. The van der Waals surface area contributed by atoms with Crippen LogP contribution in [0.2, 0.25) is 5.02 Å². The summed E-state index contributed by atoms with van der Waals surface area (Å²) in [4.78, 5) is 20.4. The molecule has 0 spiro atoms. The normalized spacial score (nSPS) is 20.2. The number of nitrogens with one attached hydrogen (secondary N) is 1. The lowest BCUT2D eigenvalue weighted by molar-refractivity contribution is 0.0950. The van der Waals surface area contributed by atoms with Crippen molar-refractivity contribution in [2.75, 3.05) is 43.5 Å². The number of aryl methyl sites for hydroxylation is 1. The number of carbonyl (C=O) groups is 1. The Bertz CT molecular complexity index is 1070. The summed E-state index contributed by atoms with van der Waals surface area (Å²) in [7, 11) is 6.15. The fourth-order valence-electron chi connectivity index (χ4n) is 6.00. The van der Waals surface area contributed by atoms with E-state index >= 15 is 0 Å². The van der Waals surface area contributed by atoms with Crippen molar-refractivity contribution in [2.24, 2.45) is 7.05 Å². The Balaban J connectivity index is 1.53. The number of benzene rings is 1. The molecule has 8 nitrogen and oxygen atoms in total. The molecular weight excluding hydrogens is 476 g/mol. The number of anilines is 2. The summed E-state index contributed by atoms with van der Waals surface area (Å²) in [5, 5.41) is 18.2. The molecular formula is C27H41ClN6O2. The molecule has 36 heavy (non-hydrogen) atoms. The number of halogens is 1. The molecule has 0 unspecified atom stereocenters. The van der Waals surface area contributed by atoms with E-state index in [0.29, 0.717) is 28.2 Å². The van der Waals surface area contributed by atoms with Gasteiger partial charge in [0.2, 0.25) is 5.88 Å². The van der Waals surface area contributed by atoms with Gasteiger partial charge in [-0.3, -0.25) is 4.79 Å². The molecule has 9 heteroatoms. The van der Waals surface area contributed by atoms with E-state index in [-0.39, 0.29) is 18.3 Å². The van der Waals surface area contributed by atoms with Crippen molar-refractivity contribution in [1.29, 1.82) is 0 Å². The van der Waals surface area contributed by atoms with Gasteiger partial charge in [0.05, 0.1) is 12.1 Å². The second-order valence-electron chi connectivity index (χ2n) is 10.4. The van der Waals surface area contributed by atoms with Gasteiger partial charge in [0.1, 0.15) is 5.82 Å². The van der Waals surface area contributed by atoms with Crippen LogP contribution >= 0.6 is 11.6 Å². The minimum atomic E-state index is -0.195. The molecule has 2 fully saturated rings. The standard InChI is InChI=1S/C27H41ClN6O2/c1-6-34(21-11-9-20(10-12-21)31(3)4)24-16-19(28)15-22(18(24)2)25(35)29-17-23-26(36)30-32(5)27(23)33-13-7-8-14-33/h15-16,20-21H,6-14,17H2,1-5H3,(H,29,35)(H,30,36). The Kier molecular flexibility index (Phi) is 8.35. The molecule has 1 amide bonds. The molecule has 1 saturated carbocycles. The minimum absolute atomic E-state index is 0.0336. The maximum absolute atomic E-state index is 13.4. The molecule has 1 saturated heterocycles. The van der Waals surface area contributed by atoms with Crippen LogP contribution in [-0.2, 0) is 13.6 Å². The van der Waals surface area contributed by atoms with Crippen molar-refractivity contribution in [3.05, 3.63) is 33.8 Å². The predicted molar refractivity (Wildman–Crippen MR) is 146 cm³/mol. The molecule has 1 aliphatic heterocycles. The Morgan fingerprint density at radius 2 is 1.81 bits per heavy atom. The second-order valence-corrected chi connectivity index (χ2v) is 10.9. The summed E-state index contributed by atoms with van der Waals surface area (Å²) in [5.41, 5.74) is 3.19. The van der Waals surface area contributed by atoms with Crippen molar-refractivity contribution in [3.63, 3.8) is 0 Å². The first-order valence-electron chi connectivity index (χ1n) is 13.2. The first-order valence-corrected chi connectivity index (χ1v) is 13.6. The number of carbonyl (C=O) groups excluding carboxylic acids is 1. The van der Waals surface area contributed by atoms with Crippen molar-refractivity contribution in [1.82, 2.24) is 20.0 Å². The Morgan fingerprint density at radius 1 is 1.17 bits per heavy atom. The average molecular weight is 517 g/mol. The van der Waals surface area contributed by atoms with E-state index in [1.807, 2.05) is 20.0 Å². The molecule has 0 bridgehead atoms. The zero-order valence-corrected chi connectivity index (χ0v) is 23.1. The van der Waals surface area contributed by atoms with Crippen LogP contribution in [0.3, 0.4) is 0 Å². The van der Waals surface area contributed by atoms with Gasteiger partial charge in [-0.2, -0.15) is 0 Å². The van der Waals surface area contributed by atoms with Gasteiger partial charge >= 0.3 is 0 Å². The Labute approximate surface area is 220 Å². The summed E-state index contributed by atoms with van der Waals surface area (Å²) in [6, 6.07) is 4.82. The van der Waals surface area contributed by atoms with Gasteiger partial charge in [-0.1, -0.05) is 11.6 Å². The van der Waals surface area contributed by atoms with E-state index in [0.717, 1.165) is 62.4 Å². The molecule has 2 heterocycles. The van der Waals surface area contributed by atoms with E-state index in [4.69, 9.17) is 11.6 Å². The van der Waals surface area contributed by atoms with Gasteiger partial charge in [0.15, 0.2) is 0 Å². The number of aromatic hydroxyl groups is 1. The highest BCUT2D eigenvalue weighted by atomic mass is 35.5. The number of hydrogen-bond acceptors (Lipinski definition) is 6. The van der Waals surface area contributed by atoms with Crippen molar-refractivity contribution >= 4 is 29.0 Å². The molecule has 0 atom stereocenters. The average Bonchev–Trinajstić information content (AvgIpc) is 3.47. The van der Waals surface area contributed by atoms with Gasteiger partial charge in [-0.05, 0) is 84.2 Å². The number of nitrogens with zero attached hydrogens (tertiary/aromatic N) is 5. The third-order valence-electron chi connectivity index (χ3n) is 8.00. The lowest BCUT2D eigenvalue weighted by Gasteiger charge is -2.40. The fourth-order valence-corrected chi connectivity index (χ4v) is 6.21. The molecule has 1 aromatic heterocycles. The van der Waals surface area contributed by atoms with Crippen LogP contribution in [0.5, 0.6) is 5.88 Å². The second kappa shape index (κ2) is 11.3. The quantitative estimate of drug-likeness (QED) is 0.544. The highest BCUT2D eigenvalue weighted by Gasteiger charge is 2.29. The first kappa shape index (κ1) is 26.6. The van der Waals surface area contributed by atoms with Crippen LogP contribution < -0.4 is 15.1 Å². The number of rotatable bonds is 8. The molecule has 2 N–H and O–H groups in total. The van der Waals surface area contributed by atoms with Gasteiger partial charge in [0, 0.05) is 55.0 Å². The van der Waals surface area contributed by atoms with Crippen LogP contribution in [0.4, 0.5) is 11.5 Å². The smallest absolute Gasteiger partial charge is 0.251 e. The molecule has 2 aliphatic rings. The highest BCUT2D eigenvalue weighted by molar-refractivity contribution is 6.31. The first-order chi connectivity index (χ1) is 17.2. The number of aromatic nitrogens is 2. The predicted octanol–water partition coefficient (Wildman–Crippen LogP) is 4.32. The number of hydrogen-bond donors (Lipinski definition) is 2. The SMILES string of the molecule is CCN(c1cc(Cl)cc(C(=O)NCc2c(O)nn(C)c2N2CCCC2)c1C)C1CCC(N(C)C)CC1. The van der Waals surface area contributed by atoms with Crippen LogP contribution in [-0.4, -0.2) is 71.5 Å². The van der Waals surface area contributed by atoms with Crippen LogP contribution in [0.25, 0.3) is 0 Å². The van der Waals surface area contributed by atoms with Crippen molar-refractivity contribution in [2.45, 2.75) is 71.0 Å². The zero-order valence-electron chi connectivity index (χ0n) is 22.3. The molecule has 0 radical (unpaired) electrons. The van der Waals surface area contributed by atoms with E-state index in [9.17, 15) is 9.90 Å². The minimum Gasteiger partial charge on any atom is -0.492 e. The topological polar surface area (TPSA) is 76.9 Å². The monoisotopic (exact) mass is 516 g/mol. The Morgan fingerprint density at radius 3 is 2.42 bits per heavy atom. The van der Waals surface area contributed by atoms with Crippen LogP contribution in [0.15, 0.2) is 12.1 Å². The van der Waals surface area contributed by atoms with E-state index in [1.54, 1.807) is 10.7 Å². The van der Waals surface area contributed by atoms with E-state index in [1.165, 1.54) is 12.8 Å². The summed E-state index contributed by atoms with van der Waals surface area (Å²) in [6.45, 7) is 7.11. The summed E-state index contributed by atoms with van der Waals surface area (Å²) >= 11 is 6.55. The fraction of sp³-hybridized carbons (Fsp3) is 0.630. The van der Waals surface area contributed by atoms with Gasteiger partial charge in [0.25, 0.3) is 5.91 Å². The molecule has 4 rings (SSSR count). The molecule has 198 valence electrons. The van der Waals surface area contributed by atoms with E-state index in [2.05, 4.69) is 46.1 Å². The highest BCUT2D eigenvalue weighted by Crippen LogP contribution is 2.35. The third-order valence-corrected chi connectivity index (χ3v) is 8.22. The zero-order chi connectivity index (χ0) is 26.0. The third kappa shape index (κ3) is 5.44. The summed E-state index contributed by atoms with van der Waals surface area (Å²) in [6.07, 6.45) is 6.84. The lowest BCUT2D eigenvalue weighted by atomic mass is 9.89. The summed E-state index contributed by atoms with van der Waals surface area (Å²) < 4.78 is 1.70. The largest absolute Gasteiger partial charge is 0.492 e.